The first kappa shape index (κ1) is 13.6. The summed E-state index contributed by atoms with van der Waals surface area (Å²) in [5.41, 5.74) is 0.299. The maximum absolute atomic E-state index is 12.1. The van der Waals surface area contributed by atoms with Gasteiger partial charge >= 0.3 is 0 Å². The zero-order chi connectivity index (χ0) is 14.7. The molecule has 0 atom stereocenters. The number of hydrogen-bond donors (Lipinski definition) is 2. The molecule has 21 heavy (non-hydrogen) atoms. The van der Waals surface area contributed by atoms with Crippen molar-refractivity contribution in [3.8, 4) is 5.75 Å². The molecule has 4 nitrogen and oxygen atoms in total. The maximum Gasteiger partial charge on any atom is 0.255 e. The number of nitrogens with zero attached hydrogens (tertiary/aromatic N) is 1. The predicted octanol–water partition coefficient (Wildman–Crippen LogP) is 2.97. The lowest BCUT2D eigenvalue weighted by atomic mass is 10.0. The van der Waals surface area contributed by atoms with E-state index in [0.29, 0.717) is 23.9 Å². The van der Waals surface area contributed by atoms with Gasteiger partial charge in [-0.15, -0.1) is 11.3 Å². The fraction of sp³-hybridized carbons (Fsp3) is 0.125. The van der Waals surface area contributed by atoms with Crippen LogP contribution in [-0.4, -0.2) is 22.5 Å². The molecule has 3 aromatic rings. The van der Waals surface area contributed by atoms with Gasteiger partial charge in [0.25, 0.3) is 5.91 Å². The molecular formula is C16H14N2O2S. The average Bonchev–Trinajstić information content (AvgIpc) is 3.01. The third-order valence-corrected chi connectivity index (χ3v) is 4.09. The molecule has 0 aliphatic carbocycles. The topological polar surface area (TPSA) is 62.2 Å². The predicted molar refractivity (Wildman–Crippen MR) is 83.8 cm³/mol. The molecule has 5 heteroatoms. The fourth-order valence-electron chi connectivity index (χ4n) is 2.19. The second-order valence-corrected chi connectivity index (χ2v) is 5.59. The number of nitrogens with one attached hydrogen (secondary N) is 1. The van der Waals surface area contributed by atoms with Crippen LogP contribution in [0.3, 0.4) is 0 Å². The minimum absolute atomic E-state index is 0.0276. The summed E-state index contributed by atoms with van der Waals surface area (Å²) >= 11 is 1.56. The van der Waals surface area contributed by atoms with E-state index in [4.69, 9.17) is 0 Å². The molecule has 0 fully saturated rings. The van der Waals surface area contributed by atoms with Gasteiger partial charge in [-0.1, -0.05) is 30.3 Å². The maximum atomic E-state index is 12.1. The lowest BCUT2D eigenvalue weighted by Crippen LogP contribution is -2.25. The smallest absolute Gasteiger partial charge is 0.255 e. The lowest BCUT2D eigenvalue weighted by Gasteiger charge is -2.08. The van der Waals surface area contributed by atoms with Crippen molar-refractivity contribution < 1.29 is 9.90 Å². The highest BCUT2D eigenvalue weighted by atomic mass is 32.1. The van der Waals surface area contributed by atoms with E-state index in [1.807, 2.05) is 29.6 Å². The number of fused-ring (bicyclic) bond motifs is 1. The van der Waals surface area contributed by atoms with Crippen molar-refractivity contribution in [3.05, 3.63) is 58.5 Å². The Hall–Kier alpha value is -2.40. The summed E-state index contributed by atoms with van der Waals surface area (Å²) in [6.07, 6.45) is 2.44. The Morgan fingerprint density at radius 3 is 2.90 bits per heavy atom. The Labute approximate surface area is 126 Å². The van der Waals surface area contributed by atoms with Gasteiger partial charge in [0, 0.05) is 29.9 Å². The first-order chi connectivity index (χ1) is 10.3. The number of hydrogen-bond acceptors (Lipinski definition) is 4. The number of rotatable bonds is 4. The molecule has 1 amide bonds. The van der Waals surface area contributed by atoms with Crippen LogP contribution in [0.4, 0.5) is 0 Å². The Morgan fingerprint density at radius 2 is 2.10 bits per heavy atom. The number of aromatic hydroxyl groups is 1. The van der Waals surface area contributed by atoms with E-state index in [-0.39, 0.29) is 11.7 Å². The second-order valence-electron chi connectivity index (χ2n) is 4.61. The van der Waals surface area contributed by atoms with Crippen molar-refractivity contribution in [3.63, 3.8) is 0 Å². The van der Waals surface area contributed by atoms with Crippen molar-refractivity contribution in [1.82, 2.24) is 10.3 Å². The molecule has 0 aliphatic heterocycles. The van der Waals surface area contributed by atoms with E-state index in [2.05, 4.69) is 10.3 Å². The average molecular weight is 298 g/mol. The van der Waals surface area contributed by atoms with Crippen LogP contribution in [0.1, 0.15) is 15.4 Å². The molecule has 3 rings (SSSR count). The Kier molecular flexibility index (Phi) is 3.83. The molecule has 0 spiro atoms. The Bertz CT molecular complexity index is 769. The molecule has 106 valence electrons. The number of phenolic OH excluding ortho intramolecular Hbond substituents is 1. The molecule has 0 radical (unpaired) electrons. The molecule has 1 heterocycles. The van der Waals surface area contributed by atoms with Gasteiger partial charge in [-0.05, 0) is 11.5 Å². The SMILES string of the molecule is O=C(NCCc1nccs1)c1ccc2ccccc2c1O. The van der Waals surface area contributed by atoms with Crippen molar-refractivity contribution >= 4 is 28.0 Å². The van der Waals surface area contributed by atoms with Crippen LogP contribution in [0.25, 0.3) is 10.8 Å². The second kappa shape index (κ2) is 5.93. The van der Waals surface area contributed by atoms with Crippen LogP contribution in [0, 0.1) is 0 Å². The van der Waals surface area contributed by atoms with E-state index in [1.54, 1.807) is 29.7 Å². The van der Waals surface area contributed by atoms with E-state index >= 15 is 0 Å². The monoisotopic (exact) mass is 298 g/mol. The fourth-order valence-corrected chi connectivity index (χ4v) is 2.81. The first-order valence-electron chi connectivity index (χ1n) is 6.63. The van der Waals surface area contributed by atoms with E-state index in [0.717, 1.165) is 10.4 Å². The lowest BCUT2D eigenvalue weighted by molar-refractivity contribution is 0.0952. The van der Waals surface area contributed by atoms with E-state index in [1.165, 1.54) is 0 Å². The van der Waals surface area contributed by atoms with Crippen LogP contribution in [0.5, 0.6) is 5.75 Å². The molecule has 1 aromatic heterocycles. The summed E-state index contributed by atoms with van der Waals surface area (Å²) in [5, 5.41) is 17.5. The highest BCUT2D eigenvalue weighted by Gasteiger charge is 2.13. The number of carbonyl (C=O) groups is 1. The van der Waals surface area contributed by atoms with Crippen LogP contribution in [0.2, 0.25) is 0 Å². The van der Waals surface area contributed by atoms with Crippen LogP contribution < -0.4 is 5.32 Å². The number of thiazole rings is 1. The van der Waals surface area contributed by atoms with Gasteiger partial charge in [-0.3, -0.25) is 4.79 Å². The summed E-state index contributed by atoms with van der Waals surface area (Å²) < 4.78 is 0. The van der Waals surface area contributed by atoms with Crippen molar-refractivity contribution in [1.29, 1.82) is 0 Å². The Morgan fingerprint density at radius 1 is 1.24 bits per heavy atom. The standard InChI is InChI=1S/C16H14N2O2S/c19-15-12-4-2-1-3-11(12)5-6-13(15)16(20)18-8-7-14-17-9-10-21-14/h1-6,9-10,19H,7-8H2,(H,18,20). The molecule has 0 unspecified atom stereocenters. The summed E-state index contributed by atoms with van der Waals surface area (Å²) in [7, 11) is 0. The van der Waals surface area contributed by atoms with Gasteiger partial charge in [0.15, 0.2) is 0 Å². The largest absolute Gasteiger partial charge is 0.506 e. The molecule has 0 saturated carbocycles. The molecule has 0 saturated heterocycles. The van der Waals surface area contributed by atoms with Crippen LogP contribution >= 0.6 is 11.3 Å². The number of benzene rings is 2. The molecule has 0 bridgehead atoms. The van der Waals surface area contributed by atoms with Gasteiger partial charge in [-0.2, -0.15) is 0 Å². The Balaban J connectivity index is 1.74. The number of carbonyl (C=O) groups excluding carboxylic acids is 1. The molecule has 2 aromatic carbocycles. The number of aromatic nitrogens is 1. The summed E-state index contributed by atoms with van der Waals surface area (Å²) in [4.78, 5) is 16.3. The normalized spacial score (nSPS) is 10.7. The summed E-state index contributed by atoms with van der Waals surface area (Å²) in [6.45, 7) is 0.499. The van der Waals surface area contributed by atoms with Gasteiger partial charge in [-0.25, -0.2) is 4.98 Å². The number of amides is 1. The quantitative estimate of drug-likeness (QED) is 0.778. The van der Waals surface area contributed by atoms with Crippen molar-refractivity contribution in [2.45, 2.75) is 6.42 Å². The summed E-state index contributed by atoms with van der Waals surface area (Å²) in [5.74, 6) is -0.241. The highest BCUT2D eigenvalue weighted by Crippen LogP contribution is 2.28. The molecule has 2 N–H and O–H groups in total. The van der Waals surface area contributed by atoms with Gasteiger partial charge in [0.05, 0.1) is 10.6 Å². The first-order valence-corrected chi connectivity index (χ1v) is 7.51. The van der Waals surface area contributed by atoms with Crippen molar-refractivity contribution in [2.75, 3.05) is 6.54 Å². The zero-order valence-electron chi connectivity index (χ0n) is 11.2. The molecule has 0 aliphatic rings. The summed E-state index contributed by atoms with van der Waals surface area (Å²) in [6, 6.07) is 10.9. The highest BCUT2D eigenvalue weighted by molar-refractivity contribution is 7.09. The zero-order valence-corrected chi connectivity index (χ0v) is 12.1. The van der Waals surface area contributed by atoms with Gasteiger partial charge < -0.3 is 10.4 Å². The number of phenols is 1. The van der Waals surface area contributed by atoms with E-state index < -0.39 is 0 Å². The van der Waals surface area contributed by atoms with Gasteiger partial charge in [0.1, 0.15) is 5.75 Å². The van der Waals surface area contributed by atoms with Crippen molar-refractivity contribution in [2.24, 2.45) is 0 Å². The molecular weight excluding hydrogens is 284 g/mol. The third-order valence-electron chi connectivity index (χ3n) is 3.25. The third kappa shape index (κ3) is 2.87. The van der Waals surface area contributed by atoms with Crippen LogP contribution in [0.15, 0.2) is 48.0 Å². The minimum atomic E-state index is -0.269. The minimum Gasteiger partial charge on any atom is -0.506 e. The van der Waals surface area contributed by atoms with E-state index in [9.17, 15) is 9.90 Å². The van der Waals surface area contributed by atoms with Crippen LogP contribution in [-0.2, 0) is 6.42 Å². The van der Waals surface area contributed by atoms with Gasteiger partial charge in [0.2, 0.25) is 0 Å².